The lowest BCUT2D eigenvalue weighted by Gasteiger charge is -2.18. The molecule has 2 rings (SSSR count). The van der Waals surface area contributed by atoms with Crippen molar-refractivity contribution in [2.45, 2.75) is 39.3 Å². The van der Waals surface area contributed by atoms with Gasteiger partial charge in [0.2, 0.25) is 5.91 Å². The molecule has 1 saturated heterocycles. The van der Waals surface area contributed by atoms with E-state index in [9.17, 15) is 4.79 Å². The molecule has 0 aromatic carbocycles. The minimum absolute atomic E-state index is 0.298. The number of aryl methyl sites for hydroxylation is 1. The number of rotatable bonds is 6. The molecule has 0 bridgehead atoms. The SMILES string of the molecule is Cc1cnn(C[C@H](C)NCCN2CCCC2=O)c1. The van der Waals surface area contributed by atoms with E-state index in [-0.39, 0.29) is 0 Å². The molecule has 1 amide bonds. The molecule has 0 radical (unpaired) electrons. The van der Waals surface area contributed by atoms with Gasteiger partial charge in [0, 0.05) is 38.3 Å². The van der Waals surface area contributed by atoms with Crippen LogP contribution in [0.25, 0.3) is 0 Å². The number of carbonyl (C=O) groups excluding carboxylic acids is 1. The molecule has 100 valence electrons. The average molecular weight is 250 g/mol. The number of aromatic nitrogens is 2. The molecule has 0 unspecified atom stereocenters. The van der Waals surface area contributed by atoms with E-state index in [0.717, 1.165) is 39.0 Å². The van der Waals surface area contributed by atoms with Gasteiger partial charge in [-0.1, -0.05) is 0 Å². The lowest BCUT2D eigenvalue weighted by Crippen LogP contribution is -2.38. The smallest absolute Gasteiger partial charge is 0.222 e. The molecule has 0 aliphatic carbocycles. The van der Waals surface area contributed by atoms with E-state index in [1.54, 1.807) is 0 Å². The number of likely N-dealkylation sites (tertiary alicyclic amines) is 1. The van der Waals surface area contributed by atoms with E-state index < -0.39 is 0 Å². The molecule has 18 heavy (non-hydrogen) atoms. The first-order valence-corrected chi connectivity index (χ1v) is 6.65. The Kier molecular flexibility index (Phi) is 4.36. The fourth-order valence-corrected chi connectivity index (χ4v) is 2.30. The van der Waals surface area contributed by atoms with Gasteiger partial charge in [-0.2, -0.15) is 5.10 Å². The Morgan fingerprint density at radius 3 is 3.00 bits per heavy atom. The summed E-state index contributed by atoms with van der Waals surface area (Å²) in [4.78, 5) is 13.4. The molecular formula is C13H22N4O. The van der Waals surface area contributed by atoms with Crippen LogP contribution >= 0.6 is 0 Å². The molecule has 1 atom stereocenters. The van der Waals surface area contributed by atoms with Crippen LogP contribution in [0.15, 0.2) is 12.4 Å². The molecule has 2 heterocycles. The molecule has 5 nitrogen and oxygen atoms in total. The highest BCUT2D eigenvalue weighted by Crippen LogP contribution is 2.08. The van der Waals surface area contributed by atoms with Crippen LogP contribution in [-0.2, 0) is 11.3 Å². The summed E-state index contributed by atoms with van der Waals surface area (Å²) in [5.41, 5.74) is 1.19. The van der Waals surface area contributed by atoms with Crippen molar-refractivity contribution < 1.29 is 4.79 Å². The van der Waals surface area contributed by atoms with Crippen LogP contribution in [0.1, 0.15) is 25.3 Å². The van der Waals surface area contributed by atoms with Crippen molar-refractivity contribution in [1.82, 2.24) is 20.0 Å². The molecular weight excluding hydrogens is 228 g/mol. The summed E-state index contributed by atoms with van der Waals surface area (Å²) in [5.74, 6) is 0.298. The topological polar surface area (TPSA) is 50.2 Å². The van der Waals surface area contributed by atoms with Gasteiger partial charge in [-0.05, 0) is 25.8 Å². The van der Waals surface area contributed by atoms with Gasteiger partial charge < -0.3 is 10.2 Å². The van der Waals surface area contributed by atoms with Gasteiger partial charge in [0.15, 0.2) is 0 Å². The standard InChI is InChI=1S/C13H22N4O/c1-11-8-15-17(9-11)10-12(2)14-5-7-16-6-3-4-13(16)18/h8-9,12,14H,3-7,10H2,1-2H3/t12-/m0/s1. The summed E-state index contributed by atoms with van der Waals surface area (Å²) >= 11 is 0. The Bertz CT molecular complexity index is 401. The molecule has 5 heteroatoms. The van der Waals surface area contributed by atoms with Gasteiger partial charge in [0.1, 0.15) is 0 Å². The van der Waals surface area contributed by atoms with Crippen molar-refractivity contribution in [2.75, 3.05) is 19.6 Å². The van der Waals surface area contributed by atoms with Crippen LogP contribution in [0.4, 0.5) is 0 Å². The molecule has 1 aromatic heterocycles. The number of amides is 1. The number of nitrogens with one attached hydrogen (secondary N) is 1. The van der Waals surface area contributed by atoms with Gasteiger partial charge >= 0.3 is 0 Å². The molecule has 1 aliphatic heterocycles. The number of nitrogens with zero attached hydrogens (tertiary/aromatic N) is 3. The van der Waals surface area contributed by atoms with Gasteiger partial charge in [-0.3, -0.25) is 9.48 Å². The van der Waals surface area contributed by atoms with E-state index in [4.69, 9.17) is 0 Å². The summed E-state index contributed by atoms with van der Waals surface area (Å²) < 4.78 is 1.95. The number of hydrogen-bond acceptors (Lipinski definition) is 3. The Balaban J connectivity index is 1.65. The van der Waals surface area contributed by atoms with E-state index in [1.807, 2.05) is 28.9 Å². The third-order valence-corrected chi connectivity index (χ3v) is 3.27. The average Bonchev–Trinajstić information content (AvgIpc) is 2.89. The Labute approximate surface area is 108 Å². The van der Waals surface area contributed by atoms with Gasteiger partial charge in [0.05, 0.1) is 12.7 Å². The van der Waals surface area contributed by atoms with Crippen LogP contribution in [0.5, 0.6) is 0 Å². The lowest BCUT2D eigenvalue weighted by molar-refractivity contribution is -0.127. The van der Waals surface area contributed by atoms with Crippen molar-refractivity contribution in [3.63, 3.8) is 0 Å². The zero-order valence-corrected chi connectivity index (χ0v) is 11.2. The molecule has 1 aliphatic rings. The highest BCUT2D eigenvalue weighted by molar-refractivity contribution is 5.78. The number of carbonyl (C=O) groups is 1. The summed E-state index contributed by atoms with van der Waals surface area (Å²) in [7, 11) is 0. The Hall–Kier alpha value is -1.36. The largest absolute Gasteiger partial charge is 0.341 e. The molecule has 0 spiro atoms. The van der Waals surface area contributed by atoms with Gasteiger partial charge in [-0.15, -0.1) is 0 Å². The van der Waals surface area contributed by atoms with E-state index >= 15 is 0 Å². The first-order chi connectivity index (χ1) is 8.65. The Morgan fingerprint density at radius 2 is 2.39 bits per heavy atom. The highest BCUT2D eigenvalue weighted by atomic mass is 16.2. The normalized spacial score (nSPS) is 17.4. The first kappa shape index (κ1) is 13.1. The maximum Gasteiger partial charge on any atom is 0.222 e. The second kappa shape index (κ2) is 6.00. The van der Waals surface area contributed by atoms with Crippen molar-refractivity contribution in [1.29, 1.82) is 0 Å². The predicted octanol–water partition coefficient (Wildman–Crippen LogP) is 0.792. The predicted molar refractivity (Wildman–Crippen MR) is 70.2 cm³/mol. The van der Waals surface area contributed by atoms with Crippen LogP contribution < -0.4 is 5.32 Å². The molecule has 1 fully saturated rings. The fourth-order valence-electron chi connectivity index (χ4n) is 2.30. The molecule has 1 N–H and O–H groups in total. The van der Waals surface area contributed by atoms with Crippen LogP contribution in [0.2, 0.25) is 0 Å². The first-order valence-electron chi connectivity index (χ1n) is 6.65. The van der Waals surface area contributed by atoms with Crippen molar-refractivity contribution >= 4 is 5.91 Å². The Morgan fingerprint density at radius 1 is 1.56 bits per heavy atom. The summed E-state index contributed by atoms with van der Waals surface area (Å²) in [6.07, 6.45) is 5.65. The second-order valence-corrected chi connectivity index (χ2v) is 5.08. The third kappa shape index (κ3) is 3.57. The molecule has 1 aromatic rings. The van der Waals surface area contributed by atoms with Crippen LogP contribution in [-0.4, -0.2) is 46.3 Å². The van der Waals surface area contributed by atoms with Crippen LogP contribution in [0.3, 0.4) is 0 Å². The molecule has 0 saturated carbocycles. The number of hydrogen-bond donors (Lipinski definition) is 1. The second-order valence-electron chi connectivity index (χ2n) is 5.08. The van der Waals surface area contributed by atoms with E-state index in [2.05, 4.69) is 17.3 Å². The lowest BCUT2D eigenvalue weighted by atomic mass is 10.3. The van der Waals surface area contributed by atoms with Crippen molar-refractivity contribution in [3.8, 4) is 0 Å². The van der Waals surface area contributed by atoms with E-state index in [1.165, 1.54) is 5.56 Å². The van der Waals surface area contributed by atoms with Crippen LogP contribution in [0, 0.1) is 6.92 Å². The quantitative estimate of drug-likeness (QED) is 0.812. The summed E-state index contributed by atoms with van der Waals surface area (Å²) in [6.45, 7) is 7.65. The van der Waals surface area contributed by atoms with Crippen molar-refractivity contribution in [3.05, 3.63) is 18.0 Å². The maximum atomic E-state index is 11.4. The third-order valence-electron chi connectivity index (χ3n) is 3.27. The maximum absolute atomic E-state index is 11.4. The summed E-state index contributed by atoms with van der Waals surface area (Å²) in [5, 5.41) is 7.70. The fraction of sp³-hybridized carbons (Fsp3) is 0.692. The zero-order chi connectivity index (χ0) is 13.0. The minimum atomic E-state index is 0.298. The van der Waals surface area contributed by atoms with Gasteiger partial charge in [0.25, 0.3) is 0 Å². The zero-order valence-electron chi connectivity index (χ0n) is 11.2. The minimum Gasteiger partial charge on any atom is -0.341 e. The highest BCUT2D eigenvalue weighted by Gasteiger charge is 2.19. The summed E-state index contributed by atoms with van der Waals surface area (Å²) in [6, 6.07) is 0.363. The monoisotopic (exact) mass is 250 g/mol. The van der Waals surface area contributed by atoms with Crippen molar-refractivity contribution in [2.24, 2.45) is 0 Å². The van der Waals surface area contributed by atoms with Gasteiger partial charge in [-0.25, -0.2) is 0 Å². The van der Waals surface area contributed by atoms with E-state index in [0.29, 0.717) is 11.9 Å².